The van der Waals surface area contributed by atoms with Gasteiger partial charge in [0, 0.05) is 36.9 Å². The molecule has 1 aliphatic carbocycles. The van der Waals surface area contributed by atoms with Crippen molar-refractivity contribution in [2.75, 3.05) is 25.1 Å². The van der Waals surface area contributed by atoms with Crippen molar-refractivity contribution in [3.8, 4) is 5.75 Å². The van der Waals surface area contributed by atoms with E-state index in [1.165, 1.54) is 31.4 Å². The lowest BCUT2D eigenvalue weighted by atomic mass is 10.0. The highest BCUT2D eigenvalue weighted by molar-refractivity contribution is 6.32. The summed E-state index contributed by atoms with van der Waals surface area (Å²) in [4.78, 5) is 2.43. The highest BCUT2D eigenvalue weighted by atomic mass is 35.5. The molecule has 1 aromatic carbocycles. The number of halogens is 1. The van der Waals surface area contributed by atoms with Gasteiger partial charge in [-0.05, 0) is 37.8 Å². The minimum absolute atomic E-state index is 0.628. The highest BCUT2D eigenvalue weighted by Crippen LogP contribution is 2.31. The number of rotatable bonds is 4. The number of benzene rings is 1. The smallest absolute Gasteiger partial charge is 0.139 e. The molecule has 0 spiro atoms. The van der Waals surface area contributed by atoms with Crippen LogP contribution >= 0.6 is 11.6 Å². The van der Waals surface area contributed by atoms with Crippen LogP contribution in [0.15, 0.2) is 18.2 Å². The van der Waals surface area contributed by atoms with E-state index in [9.17, 15) is 0 Å². The Labute approximate surface area is 119 Å². The fraction of sp³-hybridized carbons (Fsp3) is 0.600. The van der Waals surface area contributed by atoms with Crippen molar-refractivity contribution in [2.45, 2.75) is 37.8 Å². The fourth-order valence-corrected chi connectivity index (χ4v) is 2.97. The van der Waals surface area contributed by atoms with Gasteiger partial charge in [0.15, 0.2) is 0 Å². The summed E-state index contributed by atoms with van der Waals surface area (Å²) in [6.07, 6.45) is 5.24. The van der Waals surface area contributed by atoms with E-state index in [0.717, 1.165) is 24.9 Å². The van der Waals surface area contributed by atoms with Crippen molar-refractivity contribution in [3.05, 3.63) is 23.2 Å². The molecule has 3 nitrogen and oxygen atoms in total. The van der Waals surface area contributed by atoms with Crippen LogP contribution in [-0.4, -0.2) is 32.3 Å². The zero-order chi connectivity index (χ0) is 13.2. The average Bonchev–Trinajstić information content (AvgIpc) is 3.23. The molecule has 0 radical (unpaired) electrons. The summed E-state index contributed by atoms with van der Waals surface area (Å²) < 4.78 is 5.30. The quantitative estimate of drug-likeness (QED) is 0.917. The maximum absolute atomic E-state index is 6.09. The second-order valence-corrected chi connectivity index (χ2v) is 5.95. The zero-order valence-corrected chi connectivity index (χ0v) is 12.1. The molecule has 3 rings (SSSR count). The summed E-state index contributed by atoms with van der Waals surface area (Å²) >= 11 is 6.09. The lowest BCUT2D eigenvalue weighted by Gasteiger charge is -2.35. The standard InChI is InChI=1S/C15H21ClN2O/c1-19-15-9-13(6-7-14(15)16)18-8-2-3-12(10-18)17-11-4-5-11/h6-7,9,11-12,17H,2-5,8,10H2,1H3. The largest absolute Gasteiger partial charge is 0.495 e. The number of anilines is 1. The molecule has 1 saturated carbocycles. The SMILES string of the molecule is COc1cc(N2CCCC(NC3CC3)C2)ccc1Cl. The molecule has 2 aliphatic rings. The Kier molecular flexibility index (Phi) is 3.85. The van der Waals surface area contributed by atoms with Crippen LogP contribution in [0.25, 0.3) is 0 Å². The topological polar surface area (TPSA) is 24.5 Å². The molecule has 2 fully saturated rings. The van der Waals surface area contributed by atoms with Gasteiger partial charge in [-0.3, -0.25) is 0 Å². The van der Waals surface area contributed by atoms with Gasteiger partial charge in [-0.2, -0.15) is 0 Å². The molecule has 19 heavy (non-hydrogen) atoms. The van der Waals surface area contributed by atoms with E-state index in [1.807, 2.05) is 12.1 Å². The first-order valence-corrected chi connectivity index (χ1v) is 7.48. The van der Waals surface area contributed by atoms with E-state index >= 15 is 0 Å². The van der Waals surface area contributed by atoms with Crippen LogP contribution in [0.1, 0.15) is 25.7 Å². The van der Waals surface area contributed by atoms with Crippen molar-refractivity contribution in [3.63, 3.8) is 0 Å². The van der Waals surface area contributed by atoms with Crippen LogP contribution in [0, 0.1) is 0 Å². The van der Waals surface area contributed by atoms with Gasteiger partial charge in [-0.15, -0.1) is 0 Å². The van der Waals surface area contributed by atoms with Gasteiger partial charge in [0.1, 0.15) is 5.75 Å². The molecule has 0 bridgehead atoms. The minimum Gasteiger partial charge on any atom is -0.495 e. The van der Waals surface area contributed by atoms with Gasteiger partial charge >= 0.3 is 0 Å². The van der Waals surface area contributed by atoms with Crippen LogP contribution in [0.3, 0.4) is 0 Å². The molecule has 1 atom stereocenters. The van der Waals surface area contributed by atoms with Gasteiger partial charge in [0.2, 0.25) is 0 Å². The van der Waals surface area contributed by atoms with Gasteiger partial charge in [-0.1, -0.05) is 11.6 Å². The first-order chi connectivity index (χ1) is 9.26. The van der Waals surface area contributed by atoms with E-state index in [2.05, 4.69) is 16.3 Å². The summed E-state index contributed by atoms with van der Waals surface area (Å²) in [6.45, 7) is 2.20. The van der Waals surface area contributed by atoms with E-state index in [4.69, 9.17) is 16.3 Å². The maximum Gasteiger partial charge on any atom is 0.139 e. The third kappa shape index (κ3) is 3.15. The predicted octanol–water partition coefficient (Wildman–Crippen LogP) is 3.07. The summed E-state index contributed by atoms with van der Waals surface area (Å²) in [6, 6.07) is 7.47. The lowest BCUT2D eigenvalue weighted by molar-refractivity contribution is 0.411. The third-order valence-corrected chi connectivity index (χ3v) is 4.28. The number of piperidine rings is 1. The van der Waals surface area contributed by atoms with E-state index in [-0.39, 0.29) is 0 Å². The Morgan fingerprint density at radius 1 is 1.26 bits per heavy atom. The fourth-order valence-electron chi connectivity index (χ4n) is 2.78. The van der Waals surface area contributed by atoms with Crippen molar-refractivity contribution in [1.29, 1.82) is 0 Å². The Balaban J connectivity index is 1.69. The molecule has 1 heterocycles. The lowest BCUT2D eigenvalue weighted by Crippen LogP contribution is -2.46. The minimum atomic E-state index is 0.628. The molecule has 1 aliphatic heterocycles. The summed E-state index contributed by atoms with van der Waals surface area (Å²) in [5, 5.41) is 4.41. The van der Waals surface area contributed by atoms with Crippen LogP contribution in [0.5, 0.6) is 5.75 Å². The summed E-state index contributed by atoms with van der Waals surface area (Å²) in [7, 11) is 1.67. The Bertz CT molecular complexity index is 448. The molecule has 1 aromatic rings. The number of ether oxygens (including phenoxy) is 1. The normalized spacial score (nSPS) is 23.5. The Morgan fingerprint density at radius 2 is 2.11 bits per heavy atom. The molecule has 1 unspecified atom stereocenters. The number of nitrogens with zero attached hydrogens (tertiary/aromatic N) is 1. The van der Waals surface area contributed by atoms with Gasteiger partial charge < -0.3 is 15.0 Å². The predicted molar refractivity (Wildman–Crippen MR) is 79.4 cm³/mol. The van der Waals surface area contributed by atoms with Crippen molar-refractivity contribution < 1.29 is 4.74 Å². The van der Waals surface area contributed by atoms with Crippen molar-refractivity contribution >= 4 is 17.3 Å². The maximum atomic E-state index is 6.09. The zero-order valence-electron chi connectivity index (χ0n) is 11.4. The van der Waals surface area contributed by atoms with Crippen LogP contribution in [0.4, 0.5) is 5.69 Å². The monoisotopic (exact) mass is 280 g/mol. The first kappa shape index (κ1) is 13.1. The molecule has 1 saturated heterocycles. The molecule has 0 aromatic heterocycles. The Hall–Kier alpha value is -0.930. The van der Waals surface area contributed by atoms with E-state index in [1.54, 1.807) is 7.11 Å². The molecule has 0 amide bonds. The second-order valence-electron chi connectivity index (χ2n) is 5.54. The third-order valence-electron chi connectivity index (χ3n) is 3.97. The van der Waals surface area contributed by atoms with Gasteiger partial charge in [-0.25, -0.2) is 0 Å². The number of methoxy groups -OCH3 is 1. The van der Waals surface area contributed by atoms with Gasteiger partial charge in [0.05, 0.1) is 12.1 Å². The van der Waals surface area contributed by atoms with Crippen LogP contribution < -0.4 is 15.0 Å². The van der Waals surface area contributed by atoms with Crippen LogP contribution in [-0.2, 0) is 0 Å². The molecule has 1 N–H and O–H groups in total. The van der Waals surface area contributed by atoms with Crippen molar-refractivity contribution in [1.82, 2.24) is 5.32 Å². The number of hydrogen-bond donors (Lipinski definition) is 1. The average molecular weight is 281 g/mol. The van der Waals surface area contributed by atoms with Gasteiger partial charge in [0.25, 0.3) is 0 Å². The molecule has 4 heteroatoms. The van der Waals surface area contributed by atoms with Crippen molar-refractivity contribution in [2.24, 2.45) is 0 Å². The molecule has 104 valence electrons. The first-order valence-electron chi connectivity index (χ1n) is 7.11. The Morgan fingerprint density at radius 3 is 2.84 bits per heavy atom. The molecular weight excluding hydrogens is 260 g/mol. The highest BCUT2D eigenvalue weighted by Gasteiger charge is 2.27. The van der Waals surface area contributed by atoms with E-state index < -0.39 is 0 Å². The summed E-state index contributed by atoms with van der Waals surface area (Å²) in [5.74, 6) is 0.761. The molecular formula is C15H21ClN2O. The van der Waals surface area contributed by atoms with Crippen LogP contribution in [0.2, 0.25) is 5.02 Å². The van der Waals surface area contributed by atoms with E-state index in [0.29, 0.717) is 11.1 Å². The number of nitrogens with one attached hydrogen (secondary N) is 1. The number of hydrogen-bond acceptors (Lipinski definition) is 3. The second kappa shape index (κ2) is 5.59. The summed E-state index contributed by atoms with van der Waals surface area (Å²) in [5.41, 5.74) is 1.21.